The fourth-order valence-electron chi connectivity index (χ4n) is 2.31. The van der Waals surface area contributed by atoms with Crippen molar-refractivity contribution < 1.29 is 4.79 Å². The van der Waals surface area contributed by atoms with Crippen LogP contribution in [0, 0.1) is 5.92 Å². The number of nitrogens with two attached hydrogens (primary N) is 1. The fourth-order valence-corrected chi connectivity index (χ4v) is 2.53. The first-order valence-corrected chi connectivity index (χ1v) is 7.44. The van der Waals surface area contributed by atoms with Crippen LogP contribution in [-0.4, -0.2) is 15.9 Å². The number of nitrogens with zero attached hydrogens (tertiary/aromatic N) is 1. The maximum atomic E-state index is 12.2. The molecular weight excluding hydrogens is 282 g/mol. The average molecular weight is 301 g/mol. The third-order valence-corrected chi connectivity index (χ3v) is 3.69. The van der Waals surface area contributed by atoms with Gasteiger partial charge in [-0.25, -0.2) is 0 Å². The van der Waals surface area contributed by atoms with Crippen LogP contribution in [0.3, 0.4) is 0 Å². The second-order valence-corrected chi connectivity index (χ2v) is 5.43. The number of aromatic nitrogens is 1. The summed E-state index contributed by atoms with van der Waals surface area (Å²) in [6, 6.07) is 9.83. The number of hydrogen-bond donors (Lipinski definition) is 2. The van der Waals surface area contributed by atoms with E-state index in [2.05, 4.69) is 10.3 Å². The van der Waals surface area contributed by atoms with E-state index in [9.17, 15) is 4.79 Å². The van der Waals surface area contributed by atoms with Crippen molar-refractivity contribution in [3.05, 3.63) is 42.1 Å². The van der Waals surface area contributed by atoms with Gasteiger partial charge >= 0.3 is 0 Å². The van der Waals surface area contributed by atoms with Gasteiger partial charge in [-0.1, -0.05) is 49.8 Å². The van der Waals surface area contributed by atoms with Crippen molar-refractivity contribution >= 4 is 34.0 Å². The molecule has 0 aliphatic rings. The van der Waals surface area contributed by atoms with Crippen LogP contribution in [0.15, 0.2) is 36.5 Å². The molecule has 1 heterocycles. The molecule has 1 aromatic carbocycles. The van der Waals surface area contributed by atoms with Crippen LogP contribution < -0.4 is 11.1 Å². The van der Waals surface area contributed by atoms with Gasteiger partial charge in [-0.05, 0) is 18.1 Å². The third-order valence-electron chi connectivity index (χ3n) is 3.41. The summed E-state index contributed by atoms with van der Waals surface area (Å²) in [5.74, 6) is -0.509. The zero-order chi connectivity index (χ0) is 15.2. The number of nitrogens with one attached hydrogen (secondary N) is 1. The molecule has 1 atom stereocenters. The van der Waals surface area contributed by atoms with Gasteiger partial charge in [0.25, 0.3) is 0 Å². The molecule has 0 saturated carbocycles. The van der Waals surface area contributed by atoms with Crippen molar-refractivity contribution in [2.75, 3.05) is 0 Å². The highest BCUT2D eigenvalue weighted by Crippen LogP contribution is 2.16. The highest BCUT2D eigenvalue weighted by atomic mass is 32.1. The summed E-state index contributed by atoms with van der Waals surface area (Å²) in [6.07, 6.45) is 3.29. The predicted octanol–water partition coefficient (Wildman–Crippen LogP) is 2.55. The monoisotopic (exact) mass is 301 g/mol. The van der Waals surface area contributed by atoms with E-state index in [1.54, 1.807) is 6.20 Å². The van der Waals surface area contributed by atoms with Gasteiger partial charge in [-0.15, -0.1) is 0 Å². The molecule has 0 fully saturated rings. The number of carbonyl (C=O) groups excluding carboxylic acids is 1. The molecular formula is C16H19N3OS. The second-order valence-electron chi connectivity index (χ2n) is 4.95. The van der Waals surface area contributed by atoms with Crippen LogP contribution in [-0.2, 0) is 11.3 Å². The zero-order valence-electron chi connectivity index (χ0n) is 12.0. The van der Waals surface area contributed by atoms with Crippen LogP contribution in [0.25, 0.3) is 10.9 Å². The third kappa shape index (κ3) is 3.76. The largest absolute Gasteiger partial charge is 0.393 e. The lowest BCUT2D eigenvalue weighted by atomic mass is 10.0. The Morgan fingerprint density at radius 1 is 1.38 bits per heavy atom. The molecule has 1 aromatic heterocycles. The van der Waals surface area contributed by atoms with E-state index in [0.29, 0.717) is 13.0 Å². The average Bonchev–Trinajstić information content (AvgIpc) is 2.49. The first-order valence-electron chi connectivity index (χ1n) is 7.03. The SMILES string of the molecule is CCCC(C(=O)NCc1cccc2cccnc12)C(N)=S. The minimum Gasteiger partial charge on any atom is -0.393 e. The molecule has 21 heavy (non-hydrogen) atoms. The molecule has 5 heteroatoms. The lowest BCUT2D eigenvalue weighted by molar-refractivity contribution is -0.123. The number of amides is 1. The minimum atomic E-state index is -0.395. The van der Waals surface area contributed by atoms with Crippen molar-refractivity contribution in [2.24, 2.45) is 11.7 Å². The van der Waals surface area contributed by atoms with Gasteiger partial charge in [0.05, 0.1) is 16.4 Å². The topological polar surface area (TPSA) is 68.0 Å². The van der Waals surface area contributed by atoms with Crippen LogP contribution in [0.5, 0.6) is 0 Å². The molecule has 2 aromatic rings. The number of thiocarbonyl (C=S) groups is 1. The quantitative estimate of drug-likeness (QED) is 0.805. The molecule has 0 aliphatic carbocycles. The number of benzene rings is 1. The van der Waals surface area contributed by atoms with Gasteiger partial charge in [-0.3, -0.25) is 9.78 Å². The Bertz CT molecular complexity index is 652. The molecule has 0 saturated heterocycles. The first-order chi connectivity index (χ1) is 10.1. The number of pyridine rings is 1. The maximum Gasteiger partial charge on any atom is 0.230 e. The van der Waals surface area contributed by atoms with Crippen LogP contribution in [0.2, 0.25) is 0 Å². The van der Waals surface area contributed by atoms with Crippen LogP contribution >= 0.6 is 12.2 Å². The van der Waals surface area contributed by atoms with Gasteiger partial charge in [0.1, 0.15) is 0 Å². The Kier molecular flexibility index (Phi) is 5.22. The van der Waals surface area contributed by atoms with E-state index >= 15 is 0 Å². The predicted molar refractivity (Wildman–Crippen MR) is 88.8 cm³/mol. The first kappa shape index (κ1) is 15.4. The molecule has 4 nitrogen and oxygen atoms in total. The summed E-state index contributed by atoms with van der Waals surface area (Å²) in [6.45, 7) is 2.43. The van der Waals surface area contributed by atoms with Gasteiger partial charge in [-0.2, -0.15) is 0 Å². The molecule has 2 rings (SSSR count). The van der Waals surface area contributed by atoms with Crippen LogP contribution in [0.4, 0.5) is 0 Å². The number of hydrogen-bond acceptors (Lipinski definition) is 3. The number of carbonyl (C=O) groups is 1. The van der Waals surface area contributed by atoms with Crippen molar-refractivity contribution in [3.8, 4) is 0 Å². The lowest BCUT2D eigenvalue weighted by Gasteiger charge is -2.15. The van der Waals surface area contributed by atoms with Crippen molar-refractivity contribution in [3.63, 3.8) is 0 Å². The summed E-state index contributed by atoms with van der Waals surface area (Å²) in [5.41, 5.74) is 7.53. The van der Waals surface area contributed by atoms with E-state index in [1.165, 1.54) is 0 Å². The summed E-state index contributed by atoms with van der Waals surface area (Å²) in [5, 5.41) is 3.97. The molecule has 0 radical (unpaired) electrons. The Labute approximate surface area is 129 Å². The number of rotatable bonds is 6. The minimum absolute atomic E-state index is 0.114. The normalized spacial score (nSPS) is 12.0. The maximum absolute atomic E-state index is 12.2. The van der Waals surface area contributed by atoms with E-state index < -0.39 is 5.92 Å². The lowest BCUT2D eigenvalue weighted by Crippen LogP contribution is -2.37. The molecule has 0 bridgehead atoms. The van der Waals surface area contributed by atoms with Crippen molar-refractivity contribution in [2.45, 2.75) is 26.3 Å². The molecule has 110 valence electrons. The Morgan fingerprint density at radius 2 is 2.14 bits per heavy atom. The fraction of sp³-hybridized carbons (Fsp3) is 0.312. The summed E-state index contributed by atoms with van der Waals surface area (Å²) < 4.78 is 0. The highest BCUT2D eigenvalue weighted by Gasteiger charge is 2.20. The summed E-state index contributed by atoms with van der Waals surface area (Å²) >= 11 is 4.97. The van der Waals surface area contributed by atoms with Crippen molar-refractivity contribution in [1.82, 2.24) is 10.3 Å². The highest BCUT2D eigenvalue weighted by molar-refractivity contribution is 7.80. The smallest absolute Gasteiger partial charge is 0.230 e. The second kappa shape index (κ2) is 7.13. The van der Waals surface area contributed by atoms with Gasteiger partial charge in [0, 0.05) is 18.1 Å². The molecule has 1 unspecified atom stereocenters. The van der Waals surface area contributed by atoms with Gasteiger partial charge in [0.15, 0.2) is 0 Å². The van der Waals surface area contributed by atoms with E-state index in [1.807, 2.05) is 37.3 Å². The summed E-state index contributed by atoms with van der Waals surface area (Å²) in [4.78, 5) is 16.8. The molecule has 0 aliphatic heterocycles. The Morgan fingerprint density at radius 3 is 2.86 bits per heavy atom. The van der Waals surface area contributed by atoms with E-state index in [0.717, 1.165) is 22.9 Å². The number of para-hydroxylation sites is 1. The Balaban J connectivity index is 2.11. The van der Waals surface area contributed by atoms with Gasteiger partial charge in [0.2, 0.25) is 5.91 Å². The van der Waals surface area contributed by atoms with Crippen molar-refractivity contribution in [1.29, 1.82) is 0 Å². The number of fused-ring (bicyclic) bond motifs is 1. The van der Waals surface area contributed by atoms with Crippen LogP contribution in [0.1, 0.15) is 25.3 Å². The molecule has 3 N–H and O–H groups in total. The van der Waals surface area contributed by atoms with Gasteiger partial charge < -0.3 is 11.1 Å². The summed E-state index contributed by atoms with van der Waals surface area (Å²) in [7, 11) is 0. The standard InChI is InChI=1S/C16H19N3OS/c1-2-5-13(15(17)21)16(20)19-10-12-7-3-6-11-8-4-9-18-14(11)12/h3-4,6-9,13H,2,5,10H2,1H3,(H2,17,21)(H,19,20). The van der Waals surface area contributed by atoms with E-state index in [-0.39, 0.29) is 10.9 Å². The Hall–Kier alpha value is -2.01. The van der Waals surface area contributed by atoms with E-state index in [4.69, 9.17) is 18.0 Å². The zero-order valence-corrected chi connectivity index (χ0v) is 12.8. The molecule has 0 spiro atoms. The molecule has 1 amide bonds.